The van der Waals surface area contributed by atoms with Gasteiger partial charge in [-0.25, -0.2) is 13.6 Å². The summed E-state index contributed by atoms with van der Waals surface area (Å²) in [6.45, 7) is 2.19. The van der Waals surface area contributed by atoms with Crippen LogP contribution in [-0.2, 0) is 6.61 Å². The van der Waals surface area contributed by atoms with Crippen LogP contribution in [0.5, 0.6) is 5.75 Å². The number of benzene rings is 2. The second-order valence-electron chi connectivity index (χ2n) is 5.86. The van der Waals surface area contributed by atoms with Crippen molar-refractivity contribution >= 4 is 17.4 Å². The highest BCUT2D eigenvalue weighted by Gasteiger charge is 2.06. The standard InChI is InChI=1S/C20H17F2N3O2/c1-13-5-6-19(11-23-13)27-12-14-3-2-4-17(7-14)24-20(26)25-18-9-15(21)8-16(22)10-18/h2-11H,12H2,1H3,(H2,24,25,26). The maximum atomic E-state index is 13.2. The lowest BCUT2D eigenvalue weighted by atomic mass is 10.2. The van der Waals surface area contributed by atoms with Gasteiger partial charge in [0.1, 0.15) is 24.0 Å². The molecule has 138 valence electrons. The Morgan fingerprint density at radius 1 is 1.00 bits per heavy atom. The number of nitrogens with one attached hydrogen (secondary N) is 2. The molecule has 0 atom stereocenters. The van der Waals surface area contributed by atoms with Crippen molar-refractivity contribution in [3.63, 3.8) is 0 Å². The molecule has 3 rings (SSSR count). The Bertz CT molecular complexity index is 926. The largest absolute Gasteiger partial charge is 0.487 e. The van der Waals surface area contributed by atoms with Crippen LogP contribution in [-0.4, -0.2) is 11.0 Å². The molecule has 0 fully saturated rings. The minimum absolute atomic E-state index is 0.0244. The minimum Gasteiger partial charge on any atom is -0.487 e. The average molecular weight is 369 g/mol. The van der Waals surface area contributed by atoms with Crippen molar-refractivity contribution in [3.8, 4) is 5.75 Å². The Hall–Kier alpha value is -3.48. The summed E-state index contributed by atoms with van der Waals surface area (Å²) in [6.07, 6.45) is 1.64. The molecule has 3 aromatic rings. The van der Waals surface area contributed by atoms with E-state index in [4.69, 9.17) is 4.74 Å². The maximum absolute atomic E-state index is 13.2. The van der Waals surface area contributed by atoms with E-state index in [1.165, 1.54) is 0 Å². The molecule has 0 radical (unpaired) electrons. The Morgan fingerprint density at radius 2 is 1.74 bits per heavy atom. The zero-order valence-corrected chi connectivity index (χ0v) is 14.5. The van der Waals surface area contributed by atoms with E-state index in [-0.39, 0.29) is 5.69 Å². The summed E-state index contributed by atoms with van der Waals surface area (Å²) < 4.78 is 32.0. The van der Waals surface area contributed by atoms with E-state index in [0.717, 1.165) is 29.5 Å². The lowest BCUT2D eigenvalue weighted by Gasteiger charge is -2.10. The van der Waals surface area contributed by atoms with E-state index < -0.39 is 17.7 Å². The van der Waals surface area contributed by atoms with E-state index in [9.17, 15) is 13.6 Å². The van der Waals surface area contributed by atoms with Gasteiger partial charge in [-0.3, -0.25) is 4.98 Å². The zero-order chi connectivity index (χ0) is 19.2. The molecule has 0 bridgehead atoms. The molecule has 2 amide bonds. The lowest BCUT2D eigenvalue weighted by molar-refractivity contribution is 0.262. The molecule has 27 heavy (non-hydrogen) atoms. The first-order valence-electron chi connectivity index (χ1n) is 8.16. The predicted molar refractivity (Wildman–Crippen MR) is 98.7 cm³/mol. The number of amides is 2. The van der Waals surface area contributed by atoms with E-state index in [1.807, 2.05) is 25.1 Å². The average Bonchev–Trinajstić information content (AvgIpc) is 2.60. The van der Waals surface area contributed by atoms with Crippen LogP contribution in [0.1, 0.15) is 11.3 Å². The summed E-state index contributed by atoms with van der Waals surface area (Å²) in [4.78, 5) is 16.2. The van der Waals surface area contributed by atoms with Gasteiger partial charge in [0.15, 0.2) is 0 Å². The minimum atomic E-state index is -0.768. The SMILES string of the molecule is Cc1ccc(OCc2cccc(NC(=O)Nc3cc(F)cc(F)c3)c2)cn1. The van der Waals surface area contributed by atoms with Crippen LogP contribution >= 0.6 is 0 Å². The molecule has 0 aliphatic heterocycles. The molecule has 0 saturated carbocycles. The van der Waals surface area contributed by atoms with Gasteiger partial charge in [-0.2, -0.15) is 0 Å². The number of aryl methyl sites for hydroxylation is 1. The first-order chi connectivity index (χ1) is 13.0. The molecule has 0 unspecified atom stereocenters. The van der Waals surface area contributed by atoms with Gasteiger partial charge in [-0.05, 0) is 48.9 Å². The normalized spacial score (nSPS) is 10.3. The number of carbonyl (C=O) groups is 1. The quantitative estimate of drug-likeness (QED) is 0.673. The van der Waals surface area contributed by atoms with Crippen molar-refractivity contribution in [1.82, 2.24) is 4.98 Å². The van der Waals surface area contributed by atoms with Crippen molar-refractivity contribution in [1.29, 1.82) is 0 Å². The Morgan fingerprint density at radius 3 is 2.44 bits per heavy atom. The number of rotatable bonds is 5. The van der Waals surface area contributed by atoms with E-state index >= 15 is 0 Å². The molecule has 0 spiro atoms. The summed E-state index contributed by atoms with van der Waals surface area (Å²) in [6, 6.07) is 12.9. The number of hydrogen-bond donors (Lipinski definition) is 2. The molecule has 1 heterocycles. The van der Waals surface area contributed by atoms with Gasteiger partial charge in [-0.15, -0.1) is 0 Å². The number of aromatic nitrogens is 1. The Labute approximate surface area is 155 Å². The number of halogens is 2. The second-order valence-corrected chi connectivity index (χ2v) is 5.86. The smallest absolute Gasteiger partial charge is 0.323 e. The number of urea groups is 1. The van der Waals surface area contributed by atoms with Gasteiger partial charge in [0, 0.05) is 23.1 Å². The van der Waals surface area contributed by atoms with Gasteiger partial charge in [0.2, 0.25) is 0 Å². The number of carbonyl (C=O) groups excluding carboxylic acids is 1. The van der Waals surface area contributed by atoms with Crippen LogP contribution in [0.15, 0.2) is 60.8 Å². The van der Waals surface area contributed by atoms with Crippen LogP contribution in [0, 0.1) is 18.6 Å². The summed E-state index contributed by atoms with van der Waals surface area (Å²) in [5.41, 5.74) is 2.28. The van der Waals surface area contributed by atoms with Gasteiger partial charge in [0.05, 0.1) is 6.20 Å². The fourth-order valence-electron chi connectivity index (χ4n) is 2.36. The zero-order valence-electron chi connectivity index (χ0n) is 14.5. The predicted octanol–water partition coefficient (Wildman–Crippen LogP) is 4.89. The second kappa shape index (κ2) is 8.27. The van der Waals surface area contributed by atoms with Crippen LogP contribution in [0.25, 0.3) is 0 Å². The molecule has 2 N–H and O–H groups in total. The fourth-order valence-corrected chi connectivity index (χ4v) is 2.36. The monoisotopic (exact) mass is 369 g/mol. The van der Waals surface area contributed by atoms with Gasteiger partial charge >= 0.3 is 6.03 Å². The van der Waals surface area contributed by atoms with Crippen LogP contribution in [0.3, 0.4) is 0 Å². The first kappa shape index (κ1) is 18.3. The van der Waals surface area contributed by atoms with Crippen molar-refractivity contribution < 1.29 is 18.3 Å². The fraction of sp³-hybridized carbons (Fsp3) is 0.100. The molecule has 0 aliphatic carbocycles. The third-order valence-corrected chi connectivity index (χ3v) is 3.60. The van der Waals surface area contributed by atoms with Crippen molar-refractivity contribution in [2.75, 3.05) is 10.6 Å². The number of ether oxygens (including phenoxy) is 1. The molecule has 0 saturated heterocycles. The molecular weight excluding hydrogens is 352 g/mol. The maximum Gasteiger partial charge on any atom is 0.323 e. The van der Waals surface area contributed by atoms with Crippen LogP contribution in [0.2, 0.25) is 0 Å². The van der Waals surface area contributed by atoms with E-state index in [0.29, 0.717) is 18.0 Å². The number of pyridine rings is 1. The highest BCUT2D eigenvalue weighted by Crippen LogP contribution is 2.16. The third kappa shape index (κ3) is 5.50. The lowest BCUT2D eigenvalue weighted by Crippen LogP contribution is -2.19. The van der Waals surface area contributed by atoms with Gasteiger partial charge in [-0.1, -0.05) is 12.1 Å². The summed E-state index contributed by atoms with van der Waals surface area (Å²) in [5.74, 6) is -0.894. The number of hydrogen-bond acceptors (Lipinski definition) is 3. The Balaban J connectivity index is 1.59. The van der Waals surface area contributed by atoms with Crippen LogP contribution < -0.4 is 15.4 Å². The molecule has 0 aliphatic rings. The van der Waals surface area contributed by atoms with E-state index in [2.05, 4.69) is 15.6 Å². The molecule has 5 nitrogen and oxygen atoms in total. The molecular formula is C20H17F2N3O2. The summed E-state index contributed by atoms with van der Waals surface area (Å²) in [5, 5.41) is 5.00. The number of nitrogens with zero attached hydrogens (tertiary/aromatic N) is 1. The van der Waals surface area contributed by atoms with Gasteiger partial charge < -0.3 is 15.4 Å². The van der Waals surface area contributed by atoms with E-state index in [1.54, 1.807) is 24.4 Å². The van der Waals surface area contributed by atoms with Crippen molar-refractivity contribution in [2.45, 2.75) is 13.5 Å². The highest BCUT2D eigenvalue weighted by atomic mass is 19.1. The molecule has 2 aromatic carbocycles. The van der Waals surface area contributed by atoms with Gasteiger partial charge in [0.25, 0.3) is 0 Å². The summed E-state index contributed by atoms with van der Waals surface area (Å²) >= 11 is 0. The topological polar surface area (TPSA) is 63.2 Å². The number of anilines is 2. The highest BCUT2D eigenvalue weighted by molar-refractivity contribution is 5.99. The third-order valence-electron chi connectivity index (χ3n) is 3.60. The van der Waals surface area contributed by atoms with Crippen molar-refractivity contribution in [3.05, 3.63) is 83.7 Å². The summed E-state index contributed by atoms with van der Waals surface area (Å²) in [7, 11) is 0. The van der Waals surface area contributed by atoms with Crippen LogP contribution in [0.4, 0.5) is 25.0 Å². The molecule has 1 aromatic heterocycles. The molecule has 7 heteroatoms. The van der Waals surface area contributed by atoms with Crippen molar-refractivity contribution in [2.24, 2.45) is 0 Å². The Kier molecular flexibility index (Phi) is 5.61. The first-order valence-corrected chi connectivity index (χ1v) is 8.16.